The van der Waals surface area contributed by atoms with Gasteiger partial charge in [-0.05, 0) is 126 Å². The molecule has 1 heterocycles. The highest BCUT2D eigenvalue weighted by Crippen LogP contribution is 2.46. The van der Waals surface area contributed by atoms with Gasteiger partial charge in [-0.2, -0.15) is 0 Å². The molecule has 0 bridgehead atoms. The molecule has 0 fully saturated rings. The van der Waals surface area contributed by atoms with Crippen LogP contribution in [0.15, 0.2) is 243 Å². The summed E-state index contributed by atoms with van der Waals surface area (Å²) in [7, 11) is 0. The summed E-state index contributed by atoms with van der Waals surface area (Å²) >= 11 is 0. The largest absolute Gasteiger partial charge is 0.310 e. The Morgan fingerprint density at radius 3 is 1.45 bits per heavy atom. The molecule has 1 aromatic heterocycles. The molecule has 290 valence electrons. The first kappa shape index (κ1) is 35.7. The molecule has 12 aromatic rings. The van der Waals surface area contributed by atoms with E-state index < -0.39 is 0 Å². The third-order valence-electron chi connectivity index (χ3n) is 12.5. The maximum absolute atomic E-state index is 2.42. The van der Waals surface area contributed by atoms with Crippen LogP contribution in [0.1, 0.15) is 0 Å². The first-order chi connectivity index (χ1) is 30.8. The first-order valence-corrected chi connectivity index (χ1v) is 21.3. The molecule has 0 saturated heterocycles. The number of rotatable bonds is 7. The van der Waals surface area contributed by atoms with Crippen molar-refractivity contribution in [1.82, 2.24) is 4.57 Å². The second-order valence-corrected chi connectivity index (χ2v) is 16.1. The maximum Gasteiger partial charge on any atom is 0.0542 e. The predicted molar refractivity (Wildman–Crippen MR) is 264 cm³/mol. The molecule has 0 radical (unpaired) electrons. The Morgan fingerprint density at radius 1 is 0.274 bits per heavy atom. The van der Waals surface area contributed by atoms with Crippen molar-refractivity contribution in [1.29, 1.82) is 0 Å². The zero-order chi connectivity index (χ0) is 41.0. The minimum absolute atomic E-state index is 1.09. The van der Waals surface area contributed by atoms with Gasteiger partial charge in [-0.15, -0.1) is 0 Å². The van der Waals surface area contributed by atoms with Gasteiger partial charge in [0, 0.05) is 33.5 Å². The van der Waals surface area contributed by atoms with Crippen LogP contribution in [-0.2, 0) is 0 Å². The summed E-state index contributed by atoms with van der Waals surface area (Å²) in [4.78, 5) is 2.42. The van der Waals surface area contributed by atoms with Gasteiger partial charge in [0.2, 0.25) is 0 Å². The van der Waals surface area contributed by atoms with Gasteiger partial charge < -0.3 is 9.47 Å². The molecule has 0 aliphatic rings. The van der Waals surface area contributed by atoms with Crippen LogP contribution in [0.25, 0.3) is 93.2 Å². The van der Waals surface area contributed by atoms with E-state index in [1.54, 1.807) is 0 Å². The fraction of sp³-hybridized carbons (Fsp3) is 0. The lowest BCUT2D eigenvalue weighted by Gasteiger charge is -2.27. The van der Waals surface area contributed by atoms with Crippen LogP contribution in [0.5, 0.6) is 0 Å². The predicted octanol–water partition coefficient (Wildman–Crippen LogP) is 16.7. The van der Waals surface area contributed by atoms with Crippen LogP contribution >= 0.6 is 0 Å². The quantitative estimate of drug-likeness (QED) is 0.146. The van der Waals surface area contributed by atoms with Crippen molar-refractivity contribution in [2.75, 3.05) is 4.90 Å². The fourth-order valence-electron chi connectivity index (χ4n) is 9.82. The molecule has 0 unspecified atom stereocenters. The van der Waals surface area contributed by atoms with Crippen LogP contribution in [0.2, 0.25) is 0 Å². The van der Waals surface area contributed by atoms with E-state index in [-0.39, 0.29) is 0 Å². The lowest BCUT2D eigenvalue weighted by atomic mass is 9.86. The van der Waals surface area contributed by atoms with E-state index in [0.29, 0.717) is 0 Å². The Balaban J connectivity index is 1.06. The molecule has 11 aromatic carbocycles. The van der Waals surface area contributed by atoms with Gasteiger partial charge in [0.25, 0.3) is 0 Å². The Morgan fingerprint density at radius 2 is 0.758 bits per heavy atom. The molecule has 0 amide bonds. The normalized spacial score (nSPS) is 11.5. The lowest BCUT2D eigenvalue weighted by molar-refractivity contribution is 1.18. The van der Waals surface area contributed by atoms with E-state index in [9.17, 15) is 0 Å². The SMILES string of the molecule is c1ccc(-c2c3ccccc3c(-c3ccc(N(c4cccc(-c5cccc6ccccc56)c4)c4ccc5c(c4)c4ccccc4n5-c4ccccc4)cc3)c3ccccc23)cc1. The second-order valence-electron chi connectivity index (χ2n) is 16.1. The van der Waals surface area contributed by atoms with Crippen molar-refractivity contribution < 1.29 is 0 Å². The van der Waals surface area contributed by atoms with E-state index in [1.165, 1.54) is 87.5 Å². The number of anilines is 3. The van der Waals surface area contributed by atoms with E-state index >= 15 is 0 Å². The Kier molecular flexibility index (Phi) is 8.53. The summed E-state index contributed by atoms with van der Waals surface area (Å²) in [6.45, 7) is 0. The van der Waals surface area contributed by atoms with E-state index in [1.807, 2.05) is 0 Å². The minimum atomic E-state index is 1.09. The average Bonchev–Trinajstić information content (AvgIpc) is 3.68. The number of nitrogens with zero attached hydrogens (tertiary/aromatic N) is 2. The molecule has 0 saturated carbocycles. The summed E-state index contributed by atoms with van der Waals surface area (Å²) in [5.74, 6) is 0. The fourth-order valence-corrected chi connectivity index (χ4v) is 9.82. The average molecular weight is 789 g/mol. The van der Waals surface area contributed by atoms with E-state index in [0.717, 1.165) is 22.7 Å². The molecule has 0 aliphatic heterocycles. The molecule has 2 heteroatoms. The Labute approximate surface area is 360 Å². The van der Waals surface area contributed by atoms with Crippen molar-refractivity contribution in [2.24, 2.45) is 0 Å². The molecule has 0 aliphatic carbocycles. The van der Waals surface area contributed by atoms with Crippen LogP contribution in [0.4, 0.5) is 17.1 Å². The van der Waals surface area contributed by atoms with E-state index in [2.05, 4.69) is 252 Å². The topological polar surface area (TPSA) is 8.17 Å². The number of hydrogen-bond donors (Lipinski definition) is 0. The zero-order valence-electron chi connectivity index (χ0n) is 34.0. The van der Waals surface area contributed by atoms with Gasteiger partial charge in [0.1, 0.15) is 0 Å². The maximum atomic E-state index is 2.42. The van der Waals surface area contributed by atoms with Crippen LogP contribution in [0, 0.1) is 0 Å². The highest BCUT2D eigenvalue weighted by Gasteiger charge is 2.20. The smallest absolute Gasteiger partial charge is 0.0542 e. The van der Waals surface area contributed by atoms with Crippen molar-refractivity contribution in [3.8, 4) is 39.1 Å². The molecule has 62 heavy (non-hydrogen) atoms. The highest BCUT2D eigenvalue weighted by molar-refractivity contribution is 6.21. The summed E-state index contributed by atoms with van der Waals surface area (Å²) in [6.07, 6.45) is 0. The molecule has 0 N–H and O–H groups in total. The first-order valence-electron chi connectivity index (χ1n) is 21.3. The van der Waals surface area contributed by atoms with Gasteiger partial charge in [-0.1, -0.05) is 182 Å². The van der Waals surface area contributed by atoms with Crippen molar-refractivity contribution in [3.05, 3.63) is 243 Å². The molecular formula is C60H40N2. The summed E-state index contributed by atoms with van der Waals surface area (Å²) in [6, 6.07) is 88.5. The molecule has 0 spiro atoms. The monoisotopic (exact) mass is 788 g/mol. The van der Waals surface area contributed by atoms with Gasteiger partial charge in [0.05, 0.1) is 11.0 Å². The highest BCUT2D eigenvalue weighted by atomic mass is 15.1. The zero-order valence-corrected chi connectivity index (χ0v) is 34.0. The van der Waals surface area contributed by atoms with Crippen molar-refractivity contribution >= 4 is 71.2 Å². The minimum Gasteiger partial charge on any atom is -0.310 e. The molecule has 2 nitrogen and oxygen atoms in total. The summed E-state index contributed by atoms with van der Waals surface area (Å²) in [5.41, 5.74) is 14.1. The number of benzene rings is 11. The third-order valence-corrected chi connectivity index (χ3v) is 12.5. The third kappa shape index (κ3) is 5.88. The van der Waals surface area contributed by atoms with Gasteiger partial charge in [-0.3, -0.25) is 0 Å². The summed E-state index contributed by atoms with van der Waals surface area (Å²) < 4.78 is 2.38. The van der Waals surface area contributed by atoms with Crippen LogP contribution in [0.3, 0.4) is 0 Å². The molecular weight excluding hydrogens is 749 g/mol. The van der Waals surface area contributed by atoms with E-state index in [4.69, 9.17) is 0 Å². The standard InChI is InChI=1S/C60H40N2/c1-3-18-42(19-4-1)59-52-27-9-11-29-54(52)60(55-30-12-10-28-53(55)59)43-33-35-46(36-34-43)61(47-24-15-21-44(39-47)50-31-16-20-41-17-7-8-25-49(41)50)48-37-38-58-56(40-48)51-26-13-14-32-57(51)62(58)45-22-5-2-6-23-45/h1-40H. The number of aromatic nitrogens is 1. The van der Waals surface area contributed by atoms with Crippen molar-refractivity contribution in [3.63, 3.8) is 0 Å². The van der Waals surface area contributed by atoms with Crippen LogP contribution < -0.4 is 4.90 Å². The lowest BCUT2D eigenvalue weighted by Crippen LogP contribution is -2.10. The number of para-hydroxylation sites is 2. The Hall–Kier alpha value is -8.20. The number of hydrogen-bond acceptors (Lipinski definition) is 1. The summed E-state index contributed by atoms with van der Waals surface area (Å²) in [5, 5.41) is 9.93. The second kappa shape index (κ2) is 14.8. The molecule has 0 atom stereocenters. The Bertz CT molecular complexity index is 3560. The molecule has 12 rings (SSSR count). The van der Waals surface area contributed by atoms with Gasteiger partial charge in [0.15, 0.2) is 0 Å². The van der Waals surface area contributed by atoms with Crippen LogP contribution in [-0.4, -0.2) is 4.57 Å². The number of fused-ring (bicyclic) bond motifs is 6. The van der Waals surface area contributed by atoms with Gasteiger partial charge >= 0.3 is 0 Å². The van der Waals surface area contributed by atoms with Gasteiger partial charge in [-0.25, -0.2) is 0 Å². The van der Waals surface area contributed by atoms with Crippen molar-refractivity contribution in [2.45, 2.75) is 0 Å².